The summed E-state index contributed by atoms with van der Waals surface area (Å²) in [5.41, 5.74) is 3.56. The number of ether oxygens (including phenoxy) is 1. The van der Waals surface area contributed by atoms with Crippen LogP contribution in [0.5, 0.6) is 0 Å². The van der Waals surface area contributed by atoms with Crippen molar-refractivity contribution in [1.82, 2.24) is 5.16 Å². The molecule has 0 aliphatic carbocycles. The van der Waals surface area contributed by atoms with Crippen LogP contribution in [-0.4, -0.2) is 23.5 Å². The lowest BCUT2D eigenvalue weighted by Crippen LogP contribution is -2.16. The number of ketones is 1. The van der Waals surface area contributed by atoms with Crippen LogP contribution in [0.25, 0.3) is 11.0 Å². The number of hydrogen-bond donors (Lipinski definition) is 0. The van der Waals surface area contributed by atoms with Crippen molar-refractivity contribution in [2.75, 3.05) is 6.61 Å². The number of aromatic nitrogens is 1. The van der Waals surface area contributed by atoms with Crippen molar-refractivity contribution in [2.24, 2.45) is 0 Å². The molecule has 0 aliphatic heterocycles. The molecule has 0 bridgehead atoms. The van der Waals surface area contributed by atoms with Crippen LogP contribution in [0, 0.1) is 13.8 Å². The highest BCUT2D eigenvalue weighted by Gasteiger charge is 2.16. The van der Waals surface area contributed by atoms with E-state index >= 15 is 0 Å². The molecule has 0 aliphatic rings. The molecule has 1 aromatic heterocycles. The molecule has 0 saturated heterocycles. The molecule has 0 spiro atoms. The number of benzene rings is 2. The highest BCUT2D eigenvalue weighted by molar-refractivity contribution is 5.99. The molecule has 0 radical (unpaired) electrons. The van der Waals surface area contributed by atoms with Gasteiger partial charge in [0, 0.05) is 10.9 Å². The van der Waals surface area contributed by atoms with E-state index in [9.17, 15) is 9.59 Å². The third-order valence-electron chi connectivity index (χ3n) is 3.82. The Kier molecular flexibility index (Phi) is 4.42. The maximum atomic E-state index is 12.2. The predicted octanol–water partition coefficient (Wildman–Crippen LogP) is 3.41. The van der Waals surface area contributed by atoms with E-state index in [4.69, 9.17) is 9.26 Å². The van der Waals surface area contributed by atoms with Crippen molar-refractivity contribution in [1.29, 1.82) is 0 Å². The lowest BCUT2D eigenvalue weighted by Gasteiger charge is -2.07. The first-order valence-corrected chi connectivity index (χ1v) is 7.64. The van der Waals surface area contributed by atoms with Gasteiger partial charge < -0.3 is 9.26 Å². The summed E-state index contributed by atoms with van der Waals surface area (Å²) in [6.45, 7) is 3.49. The van der Waals surface area contributed by atoms with Crippen LogP contribution in [0.15, 0.2) is 47.0 Å². The molecule has 5 heteroatoms. The van der Waals surface area contributed by atoms with E-state index in [1.165, 1.54) is 0 Å². The molecule has 0 atom stereocenters. The summed E-state index contributed by atoms with van der Waals surface area (Å²) >= 11 is 0. The number of hydrogen-bond acceptors (Lipinski definition) is 5. The lowest BCUT2D eigenvalue weighted by atomic mass is 10.0. The Morgan fingerprint density at radius 3 is 2.75 bits per heavy atom. The molecular formula is C19H17NO4. The summed E-state index contributed by atoms with van der Waals surface area (Å²) in [6.07, 6.45) is -0.0307. The number of aryl methyl sites for hydroxylation is 2. The molecule has 0 unspecified atom stereocenters. The average Bonchev–Trinajstić information content (AvgIpc) is 2.98. The van der Waals surface area contributed by atoms with Crippen LogP contribution in [0.1, 0.15) is 27.2 Å². The van der Waals surface area contributed by atoms with Crippen molar-refractivity contribution < 1.29 is 18.8 Å². The summed E-state index contributed by atoms with van der Waals surface area (Å²) in [6, 6.07) is 12.9. The minimum Gasteiger partial charge on any atom is -0.457 e. The second-order valence-electron chi connectivity index (χ2n) is 5.70. The van der Waals surface area contributed by atoms with Crippen molar-refractivity contribution in [2.45, 2.75) is 20.3 Å². The summed E-state index contributed by atoms with van der Waals surface area (Å²) in [4.78, 5) is 24.2. The van der Waals surface area contributed by atoms with E-state index in [2.05, 4.69) is 5.16 Å². The molecule has 0 saturated carbocycles. The van der Waals surface area contributed by atoms with Gasteiger partial charge in [-0.2, -0.15) is 0 Å². The molecule has 0 amide bonds. The third kappa shape index (κ3) is 3.35. The van der Waals surface area contributed by atoms with E-state index in [1.807, 2.05) is 44.2 Å². The molecule has 0 N–H and O–H groups in total. The highest BCUT2D eigenvalue weighted by atomic mass is 16.5. The fraction of sp³-hybridized carbons (Fsp3) is 0.211. The van der Waals surface area contributed by atoms with Gasteiger partial charge in [0.15, 0.2) is 12.2 Å². The number of nitrogens with zero attached hydrogens (tertiary/aromatic N) is 1. The second-order valence-corrected chi connectivity index (χ2v) is 5.70. The molecule has 5 nitrogen and oxygen atoms in total. The molecule has 24 heavy (non-hydrogen) atoms. The first-order valence-electron chi connectivity index (χ1n) is 7.64. The zero-order chi connectivity index (χ0) is 17.1. The molecule has 3 aromatic rings. The molecule has 1 heterocycles. The summed E-state index contributed by atoms with van der Waals surface area (Å²) in [5, 5.41) is 4.66. The first kappa shape index (κ1) is 15.9. The fourth-order valence-electron chi connectivity index (χ4n) is 2.51. The quantitative estimate of drug-likeness (QED) is 0.531. The number of rotatable bonds is 5. The van der Waals surface area contributed by atoms with E-state index in [1.54, 1.807) is 12.1 Å². The van der Waals surface area contributed by atoms with Gasteiger partial charge in [-0.3, -0.25) is 9.59 Å². The maximum Gasteiger partial charge on any atom is 0.312 e. The van der Waals surface area contributed by atoms with Crippen molar-refractivity contribution in [3.05, 3.63) is 64.8 Å². The van der Waals surface area contributed by atoms with Gasteiger partial charge in [0.2, 0.25) is 5.78 Å². The monoisotopic (exact) mass is 323 g/mol. The predicted molar refractivity (Wildman–Crippen MR) is 88.9 cm³/mol. The zero-order valence-electron chi connectivity index (χ0n) is 13.5. The Labute approximate surface area is 139 Å². The fourth-order valence-corrected chi connectivity index (χ4v) is 2.51. The zero-order valence-corrected chi connectivity index (χ0v) is 13.5. The molecule has 0 fully saturated rings. The van der Waals surface area contributed by atoms with Gasteiger partial charge >= 0.3 is 5.97 Å². The normalized spacial score (nSPS) is 10.8. The SMILES string of the molecule is Cc1ccc(C)c(C(=O)COC(=O)Cc2noc3ccccc23)c1. The van der Waals surface area contributed by atoms with Crippen LogP contribution >= 0.6 is 0 Å². The van der Waals surface area contributed by atoms with Crippen molar-refractivity contribution in [3.8, 4) is 0 Å². The molecular weight excluding hydrogens is 306 g/mol. The van der Waals surface area contributed by atoms with Crippen LogP contribution < -0.4 is 0 Å². The van der Waals surface area contributed by atoms with Crippen LogP contribution in [-0.2, 0) is 16.0 Å². The summed E-state index contributed by atoms with van der Waals surface area (Å²) in [5.74, 6) is -0.720. The van der Waals surface area contributed by atoms with Crippen LogP contribution in [0.4, 0.5) is 0 Å². The molecule has 3 rings (SSSR count). The van der Waals surface area contributed by atoms with Gasteiger partial charge in [-0.1, -0.05) is 35.0 Å². The van der Waals surface area contributed by atoms with E-state index in [0.29, 0.717) is 16.8 Å². The number of fused-ring (bicyclic) bond motifs is 1. The molecule has 122 valence electrons. The van der Waals surface area contributed by atoms with Gasteiger partial charge in [0.1, 0.15) is 5.69 Å². The number of esters is 1. The number of Topliss-reactive ketones (excluding diaryl/α,β-unsaturated/α-hetero) is 1. The Morgan fingerprint density at radius 2 is 1.92 bits per heavy atom. The first-order chi connectivity index (χ1) is 11.5. The van der Waals surface area contributed by atoms with Gasteiger partial charge in [-0.25, -0.2) is 0 Å². The Bertz CT molecular complexity index is 911. The Hall–Kier alpha value is -2.95. The summed E-state index contributed by atoms with van der Waals surface area (Å²) < 4.78 is 10.3. The Morgan fingerprint density at radius 1 is 1.12 bits per heavy atom. The van der Waals surface area contributed by atoms with Gasteiger partial charge in [0.25, 0.3) is 0 Å². The van der Waals surface area contributed by atoms with Crippen molar-refractivity contribution >= 4 is 22.7 Å². The van der Waals surface area contributed by atoms with E-state index < -0.39 is 5.97 Å². The topological polar surface area (TPSA) is 69.4 Å². The van der Waals surface area contributed by atoms with Crippen LogP contribution in [0.2, 0.25) is 0 Å². The average molecular weight is 323 g/mol. The lowest BCUT2D eigenvalue weighted by molar-refractivity contribution is -0.141. The largest absolute Gasteiger partial charge is 0.457 e. The number of carbonyl (C=O) groups excluding carboxylic acids is 2. The minimum absolute atomic E-state index is 0.0307. The smallest absolute Gasteiger partial charge is 0.312 e. The number of carbonyl (C=O) groups is 2. The molecule has 2 aromatic carbocycles. The van der Waals surface area contributed by atoms with Crippen LogP contribution in [0.3, 0.4) is 0 Å². The Balaban J connectivity index is 1.63. The standard InChI is InChI=1S/C19H17NO4/c1-12-7-8-13(2)15(9-12)17(21)11-23-19(22)10-16-14-5-3-4-6-18(14)24-20-16/h3-9H,10-11H2,1-2H3. The van der Waals surface area contributed by atoms with E-state index in [0.717, 1.165) is 16.5 Å². The van der Waals surface area contributed by atoms with Gasteiger partial charge in [-0.05, 0) is 37.6 Å². The summed E-state index contributed by atoms with van der Waals surface area (Å²) in [7, 11) is 0. The van der Waals surface area contributed by atoms with E-state index in [-0.39, 0.29) is 18.8 Å². The minimum atomic E-state index is -0.507. The van der Waals surface area contributed by atoms with Gasteiger partial charge in [0.05, 0.1) is 6.42 Å². The van der Waals surface area contributed by atoms with Gasteiger partial charge in [-0.15, -0.1) is 0 Å². The van der Waals surface area contributed by atoms with Crippen molar-refractivity contribution in [3.63, 3.8) is 0 Å². The number of para-hydroxylation sites is 1. The maximum absolute atomic E-state index is 12.2. The highest BCUT2D eigenvalue weighted by Crippen LogP contribution is 2.18. The second kappa shape index (κ2) is 6.66. The third-order valence-corrected chi connectivity index (χ3v) is 3.82.